The number of carbonyl (C=O) groups excluding carboxylic acids is 2. The molecule has 6 heteroatoms. The summed E-state index contributed by atoms with van der Waals surface area (Å²) >= 11 is 0. The summed E-state index contributed by atoms with van der Waals surface area (Å²) < 4.78 is 13.7. The van der Waals surface area contributed by atoms with Crippen LogP contribution in [-0.4, -0.2) is 36.0 Å². The monoisotopic (exact) mass is 387 g/mol. The Morgan fingerprint density at radius 2 is 1.71 bits per heavy atom. The molecule has 28 heavy (non-hydrogen) atoms. The molecule has 4 bridgehead atoms. The van der Waals surface area contributed by atoms with Gasteiger partial charge in [0.05, 0.1) is 0 Å². The summed E-state index contributed by atoms with van der Waals surface area (Å²) in [6.07, 6.45) is 7.55. The van der Waals surface area contributed by atoms with E-state index in [4.69, 9.17) is 0 Å². The molecule has 0 unspecified atom stereocenters. The molecule has 2 N–H and O–H groups in total. The summed E-state index contributed by atoms with van der Waals surface area (Å²) in [6, 6.07) is 6.30. The first-order valence-corrected chi connectivity index (χ1v) is 10.5. The van der Waals surface area contributed by atoms with E-state index in [1.165, 1.54) is 30.2 Å². The smallest absolute Gasteiger partial charge is 0.315 e. The second kappa shape index (κ2) is 7.72. The Hall–Kier alpha value is -2.11. The molecule has 0 atom stereocenters. The van der Waals surface area contributed by atoms with Gasteiger partial charge < -0.3 is 15.5 Å². The van der Waals surface area contributed by atoms with Crippen molar-refractivity contribution in [2.45, 2.75) is 57.0 Å². The fraction of sp³-hybridized carbons (Fsp3) is 0.636. The van der Waals surface area contributed by atoms with Crippen LogP contribution in [0.1, 0.15) is 50.5 Å². The maximum atomic E-state index is 13.7. The molecule has 1 aromatic rings. The van der Waals surface area contributed by atoms with Crippen LogP contribution >= 0.6 is 0 Å². The van der Waals surface area contributed by atoms with Gasteiger partial charge in [-0.3, -0.25) is 4.79 Å². The lowest BCUT2D eigenvalue weighted by molar-refractivity contribution is -0.130. The predicted octanol–water partition coefficient (Wildman–Crippen LogP) is 3.44. The van der Waals surface area contributed by atoms with Gasteiger partial charge in [0.15, 0.2) is 0 Å². The summed E-state index contributed by atoms with van der Waals surface area (Å²) in [7, 11) is 1.66. The molecule has 0 spiro atoms. The molecule has 5 nitrogen and oxygen atoms in total. The van der Waals surface area contributed by atoms with Gasteiger partial charge in [0.1, 0.15) is 5.82 Å². The fourth-order valence-electron chi connectivity index (χ4n) is 5.99. The van der Waals surface area contributed by atoms with E-state index in [2.05, 4.69) is 10.6 Å². The highest BCUT2D eigenvalue weighted by Crippen LogP contribution is 2.55. The van der Waals surface area contributed by atoms with Crippen molar-refractivity contribution in [3.8, 4) is 0 Å². The summed E-state index contributed by atoms with van der Waals surface area (Å²) in [5.74, 6) is 1.91. The summed E-state index contributed by atoms with van der Waals surface area (Å²) in [6.45, 7) is 0.517. The first-order chi connectivity index (χ1) is 13.4. The largest absolute Gasteiger partial charge is 0.341 e. The van der Waals surface area contributed by atoms with Gasteiger partial charge in [0.25, 0.3) is 0 Å². The van der Waals surface area contributed by atoms with Gasteiger partial charge in [0, 0.05) is 37.7 Å². The Morgan fingerprint density at radius 1 is 1.11 bits per heavy atom. The van der Waals surface area contributed by atoms with E-state index in [9.17, 15) is 14.0 Å². The van der Waals surface area contributed by atoms with Crippen LogP contribution in [0.4, 0.5) is 9.18 Å². The number of nitrogens with one attached hydrogen (secondary N) is 2. The molecule has 0 radical (unpaired) electrons. The third-order valence-electron chi connectivity index (χ3n) is 6.83. The molecular formula is C22H30FN3O2. The third-order valence-corrected chi connectivity index (χ3v) is 6.83. The van der Waals surface area contributed by atoms with Gasteiger partial charge in [-0.25, -0.2) is 9.18 Å². The van der Waals surface area contributed by atoms with E-state index in [0.29, 0.717) is 12.1 Å². The van der Waals surface area contributed by atoms with Crippen LogP contribution in [-0.2, 0) is 11.3 Å². The Kier molecular flexibility index (Phi) is 5.30. The minimum absolute atomic E-state index is 0.0233. The van der Waals surface area contributed by atoms with E-state index in [0.717, 1.165) is 37.0 Å². The summed E-state index contributed by atoms with van der Waals surface area (Å²) in [5, 5.41) is 6.10. The number of benzene rings is 1. The van der Waals surface area contributed by atoms with E-state index < -0.39 is 0 Å². The topological polar surface area (TPSA) is 61.4 Å². The van der Waals surface area contributed by atoms with Crippen LogP contribution in [0.2, 0.25) is 0 Å². The van der Waals surface area contributed by atoms with Crippen LogP contribution < -0.4 is 10.6 Å². The molecule has 5 rings (SSSR count). The summed E-state index contributed by atoms with van der Waals surface area (Å²) in [5.41, 5.74) is 0.468. The number of urea groups is 1. The van der Waals surface area contributed by atoms with Crippen LogP contribution in [0.15, 0.2) is 24.3 Å². The first-order valence-electron chi connectivity index (χ1n) is 10.5. The quantitative estimate of drug-likeness (QED) is 0.785. The minimum Gasteiger partial charge on any atom is -0.341 e. The van der Waals surface area contributed by atoms with Gasteiger partial charge in [-0.15, -0.1) is 0 Å². The number of amides is 3. The molecule has 0 aliphatic heterocycles. The van der Waals surface area contributed by atoms with Gasteiger partial charge in [-0.2, -0.15) is 0 Å². The molecule has 0 heterocycles. The number of hydrogen-bond acceptors (Lipinski definition) is 2. The lowest BCUT2D eigenvalue weighted by Crippen LogP contribution is -2.61. The van der Waals surface area contributed by atoms with Gasteiger partial charge in [-0.1, -0.05) is 18.2 Å². The van der Waals surface area contributed by atoms with E-state index in [-0.39, 0.29) is 36.3 Å². The highest BCUT2D eigenvalue weighted by Gasteiger charge is 2.51. The van der Waals surface area contributed by atoms with E-state index in [1.807, 2.05) is 0 Å². The molecule has 4 aliphatic rings. The number of hydrogen-bond donors (Lipinski definition) is 2. The molecular weight excluding hydrogens is 357 g/mol. The lowest BCUT2D eigenvalue weighted by Gasteiger charge is -2.56. The van der Waals surface area contributed by atoms with Crippen molar-refractivity contribution >= 4 is 11.9 Å². The zero-order valence-corrected chi connectivity index (χ0v) is 16.5. The highest BCUT2D eigenvalue weighted by molar-refractivity contribution is 5.78. The average Bonchev–Trinajstić information content (AvgIpc) is 2.61. The molecule has 4 saturated carbocycles. The molecule has 4 aliphatic carbocycles. The maximum Gasteiger partial charge on any atom is 0.315 e. The number of halogens is 1. The zero-order valence-electron chi connectivity index (χ0n) is 16.5. The Bertz CT molecular complexity index is 716. The van der Waals surface area contributed by atoms with Gasteiger partial charge >= 0.3 is 6.03 Å². The van der Waals surface area contributed by atoms with Crippen molar-refractivity contribution in [1.82, 2.24) is 15.5 Å². The molecule has 1 aromatic carbocycles. The Labute approximate surface area is 166 Å². The van der Waals surface area contributed by atoms with Crippen molar-refractivity contribution in [1.29, 1.82) is 0 Å². The standard InChI is InChI=1S/C22H30FN3O2/c1-26(14-18-4-2-3-5-19(18)23)20(27)6-7-24-21(28)25-22-11-15-8-16(12-22)10-17(9-15)13-22/h2-5,15-17H,6-14H2,1H3,(H2,24,25,28). The van der Waals surface area contributed by atoms with Crippen molar-refractivity contribution in [3.63, 3.8) is 0 Å². The SMILES string of the molecule is CN(Cc1ccccc1F)C(=O)CCNC(=O)NC12CC3CC(CC(C3)C1)C2. The van der Waals surface area contributed by atoms with Crippen LogP contribution in [0.25, 0.3) is 0 Å². The van der Waals surface area contributed by atoms with E-state index >= 15 is 0 Å². The highest BCUT2D eigenvalue weighted by atomic mass is 19.1. The van der Waals surface area contributed by atoms with Crippen molar-refractivity contribution in [2.24, 2.45) is 17.8 Å². The van der Waals surface area contributed by atoms with Crippen LogP contribution in [0.3, 0.4) is 0 Å². The van der Waals surface area contributed by atoms with Crippen LogP contribution in [0, 0.1) is 23.6 Å². The number of rotatable bonds is 6. The molecule has 3 amide bonds. The number of carbonyl (C=O) groups is 2. The molecule has 0 saturated heterocycles. The first kappa shape index (κ1) is 19.2. The summed E-state index contributed by atoms with van der Waals surface area (Å²) in [4.78, 5) is 26.2. The number of nitrogens with zero attached hydrogens (tertiary/aromatic N) is 1. The second-order valence-corrected chi connectivity index (χ2v) is 9.17. The van der Waals surface area contributed by atoms with Gasteiger partial charge in [0.2, 0.25) is 5.91 Å². The van der Waals surface area contributed by atoms with Crippen molar-refractivity contribution in [2.75, 3.05) is 13.6 Å². The lowest BCUT2D eigenvalue weighted by atomic mass is 9.53. The normalized spacial score (nSPS) is 30.1. The Balaban J connectivity index is 1.21. The average molecular weight is 387 g/mol. The predicted molar refractivity (Wildman–Crippen MR) is 105 cm³/mol. The minimum atomic E-state index is -0.310. The molecule has 152 valence electrons. The molecule has 4 fully saturated rings. The van der Waals surface area contributed by atoms with Gasteiger partial charge in [-0.05, 0) is 62.3 Å². The third kappa shape index (κ3) is 4.15. The maximum absolute atomic E-state index is 13.7. The van der Waals surface area contributed by atoms with E-state index in [1.54, 1.807) is 25.2 Å². The Morgan fingerprint density at radius 3 is 2.32 bits per heavy atom. The molecule has 0 aromatic heterocycles. The van der Waals surface area contributed by atoms with Crippen molar-refractivity contribution < 1.29 is 14.0 Å². The van der Waals surface area contributed by atoms with Crippen molar-refractivity contribution in [3.05, 3.63) is 35.6 Å². The fourth-order valence-corrected chi connectivity index (χ4v) is 5.99. The zero-order chi connectivity index (χ0) is 19.7. The second-order valence-electron chi connectivity index (χ2n) is 9.17. The van der Waals surface area contributed by atoms with Crippen LogP contribution in [0.5, 0.6) is 0 Å².